The summed E-state index contributed by atoms with van der Waals surface area (Å²) in [5, 5.41) is 27.9. The Hall–Kier alpha value is -1.86. The average Bonchev–Trinajstić information content (AvgIpc) is 3.16. The zero-order valence-electron chi connectivity index (χ0n) is 11.5. The van der Waals surface area contributed by atoms with Crippen molar-refractivity contribution < 1.29 is 39.4 Å². The topological polar surface area (TPSA) is 190 Å². The number of hydrogen-bond acceptors (Lipinski definition) is 12. The third-order valence-corrected chi connectivity index (χ3v) is 2.22. The van der Waals surface area contributed by atoms with E-state index in [0.717, 1.165) is 0 Å². The lowest BCUT2D eigenvalue weighted by Gasteiger charge is -2.13. The number of amides is 4. The summed E-state index contributed by atoms with van der Waals surface area (Å²) in [5.74, 6) is 0. The van der Waals surface area contributed by atoms with Gasteiger partial charge in [-0.1, -0.05) is 0 Å². The molecule has 0 radical (unpaired) electrons. The number of carbonyl (C=O) groups excluding carboxylic acids is 2. The van der Waals surface area contributed by atoms with Crippen molar-refractivity contribution in [2.75, 3.05) is 20.1 Å². The van der Waals surface area contributed by atoms with Gasteiger partial charge in [0.05, 0.1) is 6.67 Å². The molecule has 0 spiro atoms. The van der Waals surface area contributed by atoms with E-state index in [1.807, 2.05) is 0 Å². The minimum absolute atomic E-state index is 0.216. The Kier molecular flexibility index (Phi) is 6.61. The van der Waals surface area contributed by atoms with Crippen molar-refractivity contribution in [3.63, 3.8) is 0 Å². The molecular formula is C7H16N8O8. The number of urea groups is 2. The molecule has 2 aliphatic rings. The summed E-state index contributed by atoms with van der Waals surface area (Å²) in [4.78, 5) is 41.8. The quantitative estimate of drug-likeness (QED) is 0.216. The van der Waals surface area contributed by atoms with E-state index in [1.165, 1.54) is 0 Å². The smallest absolute Gasteiger partial charge is 0.319 e. The van der Waals surface area contributed by atoms with Gasteiger partial charge in [0.25, 0.3) is 0 Å². The number of nitrogens with one attached hydrogen (secondary N) is 6. The van der Waals surface area contributed by atoms with Crippen LogP contribution in [0.25, 0.3) is 0 Å². The van der Waals surface area contributed by atoms with Gasteiger partial charge in [0.15, 0.2) is 0 Å². The predicted molar refractivity (Wildman–Crippen MR) is 64.2 cm³/mol. The zero-order valence-corrected chi connectivity index (χ0v) is 11.5. The number of hydroxylamine groups is 6. The maximum absolute atomic E-state index is 11.5. The van der Waals surface area contributed by atoms with Crippen LogP contribution in [0.4, 0.5) is 9.59 Å². The van der Waals surface area contributed by atoms with Gasteiger partial charge in [0.2, 0.25) is 12.7 Å². The van der Waals surface area contributed by atoms with Crippen LogP contribution >= 0.6 is 0 Å². The molecule has 8 N–H and O–H groups in total. The van der Waals surface area contributed by atoms with Gasteiger partial charge in [-0.3, -0.25) is 10.6 Å². The lowest BCUT2D eigenvalue weighted by Crippen LogP contribution is -2.52. The molecule has 2 unspecified atom stereocenters. The van der Waals surface area contributed by atoms with Crippen molar-refractivity contribution in [2.45, 2.75) is 12.7 Å². The standard InChI is InChI=1S/C7H16N8O8/c16-2-14-20-6(12-22-14)10-4(18)8-1-9-5(19)11-7-13-23-15(3-17)21-7/h6-7,12-13,16-17H,1-3H2,(H2,8,10,18)(H2,9,11,19). The van der Waals surface area contributed by atoms with Crippen LogP contribution in [0.3, 0.4) is 0 Å². The van der Waals surface area contributed by atoms with Crippen LogP contribution < -0.4 is 32.2 Å². The summed E-state index contributed by atoms with van der Waals surface area (Å²) >= 11 is 0. The Bertz CT molecular complexity index is 378. The minimum Gasteiger partial charge on any atom is -0.376 e. The normalized spacial score (nSPS) is 25.3. The summed E-state index contributed by atoms with van der Waals surface area (Å²) in [6, 6.07) is -1.37. The third kappa shape index (κ3) is 5.69. The van der Waals surface area contributed by atoms with Crippen LogP contribution in [0.15, 0.2) is 0 Å². The molecule has 2 heterocycles. The maximum atomic E-state index is 11.5. The van der Waals surface area contributed by atoms with Crippen molar-refractivity contribution >= 4 is 12.1 Å². The first-order chi connectivity index (χ1) is 11.1. The molecule has 2 atom stereocenters. The molecule has 0 aliphatic carbocycles. The second kappa shape index (κ2) is 8.69. The van der Waals surface area contributed by atoms with Gasteiger partial charge < -0.3 is 20.8 Å². The van der Waals surface area contributed by atoms with Gasteiger partial charge in [-0.05, 0) is 10.5 Å². The van der Waals surface area contributed by atoms with Crippen molar-refractivity contribution in [1.29, 1.82) is 0 Å². The van der Waals surface area contributed by atoms with E-state index in [9.17, 15) is 9.59 Å². The Balaban J connectivity index is 1.54. The lowest BCUT2D eigenvalue weighted by molar-refractivity contribution is -0.344. The van der Waals surface area contributed by atoms with Crippen LogP contribution in [0.2, 0.25) is 0 Å². The number of carbonyl (C=O) groups is 2. The van der Waals surface area contributed by atoms with E-state index in [2.05, 4.69) is 42.1 Å². The second-order valence-electron chi connectivity index (χ2n) is 3.81. The van der Waals surface area contributed by atoms with E-state index in [4.69, 9.17) is 19.9 Å². The highest BCUT2D eigenvalue weighted by Gasteiger charge is 2.26. The van der Waals surface area contributed by atoms with E-state index in [0.29, 0.717) is 10.5 Å². The van der Waals surface area contributed by atoms with Crippen LogP contribution in [0, 0.1) is 0 Å². The Labute approximate surface area is 128 Å². The molecule has 0 aromatic carbocycles. The molecule has 0 bridgehead atoms. The van der Waals surface area contributed by atoms with Gasteiger partial charge >= 0.3 is 12.1 Å². The number of aliphatic hydroxyl groups excluding tert-OH is 2. The van der Waals surface area contributed by atoms with Gasteiger partial charge in [0, 0.05) is 0 Å². The Morgan fingerprint density at radius 3 is 1.70 bits per heavy atom. The molecule has 16 nitrogen and oxygen atoms in total. The summed E-state index contributed by atoms with van der Waals surface area (Å²) in [5.41, 5.74) is 4.51. The van der Waals surface area contributed by atoms with Crippen LogP contribution in [-0.2, 0) is 19.6 Å². The summed E-state index contributed by atoms with van der Waals surface area (Å²) in [6.07, 6.45) is -2.01. The van der Waals surface area contributed by atoms with Crippen molar-refractivity contribution in [2.24, 2.45) is 0 Å². The van der Waals surface area contributed by atoms with Gasteiger partial charge in [-0.2, -0.15) is 9.88 Å². The summed E-state index contributed by atoms with van der Waals surface area (Å²) in [6.45, 7) is -1.29. The summed E-state index contributed by atoms with van der Waals surface area (Å²) < 4.78 is 0. The first-order valence-corrected chi connectivity index (χ1v) is 6.14. The fourth-order valence-corrected chi connectivity index (χ4v) is 1.32. The van der Waals surface area contributed by atoms with Crippen molar-refractivity contribution in [3.05, 3.63) is 0 Å². The zero-order chi connectivity index (χ0) is 16.7. The molecular weight excluding hydrogens is 324 g/mol. The number of rotatable bonds is 6. The molecule has 0 aromatic rings. The first-order valence-electron chi connectivity index (χ1n) is 6.14. The van der Waals surface area contributed by atoms with Crippen molar-refractivity contribution in [1.82, 2.24) is 42.7 Å². The molecule has 16 heteroatoms. The van der Waals surface area contributed by atoms with Crippen LogP contribution in [-0.4, -0.2) is 65.6 Å². The highest BCUT2D eigenvalue weighted by molar-refractivity contribution is 5.76. The minimum atomic E-state index is -1.01. The summed E-state index contributed by atoms with van der Waals surface area (Å²) in [7, 11) is 0. The third-order valence-electron chi connectivity index (χ3n) is 2.22. The monoisotopic (exact) mass is 340 g/mol. The van der Waals surface area contributed by atoms with Gasteiger partial charge in [0.1, 0.15) is 13.5 Å². The van der Waals surface area contributed by atoms with Crippen LogP contribution in [0.5, 0.6) is 0 Å². The van der Waals surface area contributed by atoms with Gasteiger partial charge in [-0.25, -0.2) is 19.3 Å². The highest BCUT2D eigenvalue weighted by Crippen LogP contribution is 2.01. The molecule has 2 saturated heterocycles. The molecule has 0 saturated carbocycles. The van der Waals surface area contributed by atoms with E-state index >= 15 is 0 Å². The molecule has 2 fully saturated rings. The van der Waals surface area contributed by atoms with E-state index < -0.39 is 38.2 Å². The Morgan fingerprint density at radius 1 is 0.913 bits per heavy atom. The Morgan fingerprint density at radius 2 is 1.35 bits per heavy atom. The molecule has 4 amide bonds. The fourth-order valence-electron chi connectivity index (χ4n) is 1.32. The fraction of sp³-hybridized carbons (Fsp3) is 0.714. The maximum Gasteiger partial charge on any atom is 0.319 e. The molecule has 0 aromatic heterocycles. The molecule has 2 aliphatic heterocycles. The molecule has 2 rings (SSSR count). The highest BCUT2D eigenvalue weighted by atomic mass is 17.1. The van der Waals surface area contributed by atoms with Crippen molar-refractivity contribution in [3.8, 4) is 0 Å². The largest absolute Gasteiger partial charge is 0.376 e. The van der Waals surface area contributed by atoms with Crippen LogP contribution in [0.1, 0.15) is 0 Å². The SMILES string of the molecule is O=C(NCNC(=O)NC1NON(CO)O1)NC1NON(CO)O1. The van der Waals surface area contributed by atoms with E-state index in [-0.39, 0.29) is 6.67 Å². The first kappa shape index (κ1) is 17.5. The van der Waals surface area contributed by atoms with Gasteiger partial charge in [-0.15, -0.1) is 11.0 Å². The average molecular weight is 340 g/mol. The second-order valence-corrected chi connectivity index (χ2v) is 3.81. The number of aliphatic hydroxyl groups is 2. The molecule has 23 heavy (non-hydrogen) atoms. The predicted octanol–water partition coefficient (Wildman–Crippen LogP) is -4.62. The van der Waals surface area contributed by atoms with E-state index in [1.54, 1.807) is 0 Å². The lowest BCUT2D eigenvalue weighted by atomic mass is 10.8. The number of nitrogens with zero attached hydrogens (tertiary/aromatic N) is 2. The molecule has 132 valence electrons. The number of hydrogen-bond donors (Lipinski definition) is 8.